The zero-order valence-corrected chi connectivity index (χ0v) is 17.5. The molecule has 1 saturated carbocycles. The molecule has 1 atom stereocenters. The summed E-state index contributed by atoms with van der Waals surface area (Å²) in [6.07, 6.45) is 5.49. The van der Waals surface area contributed by atoms with Gasteiger partial charge in [-0.1, -0.05) is 36.9 Å². The van der Waals surface area contributed by atoms with Crippen molar-refractivity contribution in [3.8, 4) is 0 Å². The topological polar surface area (TPSA) is 58.2 Å². The highest BCUT2D eigenvalue weighted by atomic mass is 35.5. The number of hydrogen-bond acceptors (Lipinski definition) is 3. The normalized spacial score (nSPS) is 15.6. The highest BCUT2D eigenvalue weighted by Crippen LogP contribution is 2.28. The second kappa shape index (κ2) is 9.99. The second-order valence-electron chi connectivity index (χ2n) is 7.11. The molecule has 0 aromatic heterocycles. The van der Waals surface area contributed by atoms with Crippen LogP contribution in [-0.2, 0) is 9.59 Å². The van der Waals surface area contributed by atoms with E-state index in [4.69, 9.17) is 11.6 Å². The molecule has 0 aliphatic heterocycles. The fraction of sp³-hybridized carbons (Fsp3) is 0.364. The van der Waals surface area contributed by atoms with E-state index in [2.05, 4.69) is 10.6 Å². The molecule has 3 rings (SSSR count). The Balaban J connectivity index is 1.51. The highest BCUT2D eigenvalue weighted by Gasteiger charge is 2.21. The SMILES string of the molecule is CC(Sc1ccc(NC(=O)C2CCCCC2)cc1)C(=O)Nc1cccc(Cl)c1. The third-order valence-corrected chi connectivity index (χ3v) is 6.22. The fourth-order valence-electron chi connectivity index (χ4n) is 3.29. The molecule has 1 fully saturated rings. The number of nitrogens with one attached hydrogen (secondary N) is 2. The van der Waals surface area contributed by atoms with Crippen molar-refractivity contribution in [1.29, 1.82) is 0 Å². The minimum absolute atomic E-state index is 0.0815. The van der Waals surface area contributed by atoms with Gasteiger partial charge in [0, 0.05) is 27.2 Å². The lowest BCUT2D eigenvalue weighted by Crippen LogP contribution is -2.24. The lowest BCUT2D eigenvalue weighted by Gasteiger charge is -2.20. The van der Waals surface area contributed by atoms with E-state index in [0.29, 0.717) is 10.7 Å². The Labute approximate surface area is 175 Å². The van der Waals surface area contributed by atoms with Gasteiger partial charge in [-0.05, 0) is 62.2 Å². The van der Waals surface area contributed by atoms with Crippen molar-refractivity contribution in [2.75, 3.05) is 10.6 Å². The Hall–Kier alpha value is -1.98. The lowest BCUT2D eigenvalue weighted by molar-refractivity contribution is -0.120. The molecule has 148 valence electrons. The van der Waals surface area contributed by atoms with Crippen LogP contribution in [0, 0.1) is 5.92 Å². The Morgan fingerprint density at radius 1 is 1.00 bits per heavy atom. The maximum atomic E-state index is 12.4. The monoisotopic (exact) mass is 416 g/mol. The molecule has 2 aromatic rings. The van der Waals surface area contributed by atoms with E-state index in [1.54, 1.807) is 18.2 Å². The number of hydrogen-bond donors (Lipinski definition) is 2. The summed E-state index contributed by atoms with van der Waals surface area (Å²) in [7, 11) is 0. The standard InChI is InChI=1S/C22H25ClN2O2S/c1-15(21(26)25-19-9-5-8-17(23)14-19)28-20-12-10-18(11-13-20)24-22(27)16-6-3-2-4-7-16/h5,8-16H,2-4,6-7H2,1H3,(H,24,27)(H,25,26). The van der Waals surface area contributed by atoms with Crippen molar-refractivity contribution >= 4 is 46.6 Å². The van der Waals surface area contributed by atoms with Crippen molar-refractivity contribution in [3.63, 3.8) is 0 Å². The first-order chi connectivity index (χ1) is 13.5. The average molecular weight is 417 g/mol. The smallest absolute Gasteiger partial charge is 0.237 e. The molecule has 0 heterocycles. The predicted molar refractivity (Wildman–Crippen MR) is 117 cm³/mol. The first-order valence-corrected chi connectivity index (χ1v) is 10.9. The Morgan fingerprint density at radius 2 is 1.71 bits per heavy atom. The van der Waals surface area contributed by atoms with E-state index in [9.17, 15) is 9.59 Å². The average Bonchev–Trinajstić information content (AvgIpc) is 2.70. The number of anilines is 2. The van der Waals surface area contributed by atoms with Crippen LogP contribution < -0.4 is 10.6 Å². The highest BCUT2D eigenvalue weighted by molar-refractivity contribution is 8.00. The van der Waals surface area contributed by atoms with Gasteiger partial charge in [-0.2, -0.15) is 0 Å². The van der Waals surface area contributed by atoms with Crippen LogP contribution >= 0.6 is 23.4 Å². The third kappa shape index (κ3) is 6.01. The quantitative estimate of drug-likeness (QED) is 0.569. The molecule has 28 heavy (non-hydrogen) atoms. The summed E-state index contributed by atoms with van der Waals surface area (Å²) in [6.45, 7) is 1.86. The summed E-state index contributed by atoms with van der Waals surface area (Å²) in [5.41, 5.74) is 1.49. The van der Waals surface area contributed by atoms with Crippen LogP contribution in [-0.4, -0.2) is 17.1 Å². The molecule has 1 aliphatic carbocycles. The summed E-state index contributed by atoms with van der Waals surface area (Å²) >= 11 is 7.42. The number of carbonyl (C=O) groups excluding carboxylic acids is 2. The molecule has 1 aliphatic rings. The summed E-state index contributed by atoms with van der Waals surface area (Å²) in [5, 5.41) is 6.21. The van der Waals surface area contributed by atoms with Gasteiger partial charge in [-0.15, -0.1) is 11.8 Å². The molecule has 0 bridgehead atoms. The largest absolute Gasteiger partial charge is 0.326 e. The van der Waals surface area contributed by atoms with Gasteiger partial charge in [0.15, 0.2) is 0 Å². The fourth-order valence-corrected chi connectivity index (χ4v) is 4.35. The lowest BCUT2D eigenvalue weighted by atomic mass is 9.88. The van der Waals surface area contributed by atoms with E-state index in [1.807, 2.05) is 37.3 Å². The van der Waals surface area contributed by atoms with Crippen molar-refractivity contribution in [1.82, 2.24) is 0 Å². The Bertz CT molecular complexity index is 820. The summed E-state index contributed by atoms with van der Waals surface area (Å²) in [5.74, 6) is 0.175. The predicted octanol–water partition coefficient (Wildman–Crippen LogP) is 5.98. The number of halogens is 1. The molecule has 1 unspecified atom stereocenters. The number of carbonyl (C=O) groups is 2. The molecule has 0 radical (unpaired) electrons. The Kier molecular flexibility index (Phi) is 7.40. The van der Waals surface area contributed by atoms with Crippen LogP contribution in [0.1, 0.15) is 39.0 Å². The molecule has 0 spiro atoms. The van der Waals surface area contributed by atoms with Crippen molar-refractivity contribution in [3.05, 3.63) is 53.6 Å². The molecule has 0 saturated heterocycles. The molecule has 2 amide bonds. The minimum Gasteiger partial charge on any atom is -0.326 e. The zero-order chi connectivity index (χ0) is 19.9. The number of thioether (sulfide) groups is 1. The molecule has 2 aromatic carbocycles. The molecular formula is C22H25ClN2O2S. The maximum absolute atomic E-state index is 12.4. The van der Waals surface area contributed by atoms with E-state index in [-0.39, 0.29) is 23.0 Å². The van der Waals surface area contributed by atoms with Crippen molar-refractivity contribution in [2.24, 2.45) is 5.92 Å². The number of benzene rings is 2. The Morgan fingerprint density at radius 3 is 2.39 bits per heavy atom. The second-order valence-corrected chi connectivity index (χ2v) is 8.96. The van der Waals surface area contributed by atoms with Crippen LogP contribution in [0.3, 0.4) is 0 Å². The van der Waals surface area contributed by atoms with Crippen LogP contribution in [0.4, 0.5) is 11.4 Å². The van der Waals surface area contributed by atoms with Gasteiger partial charge in [-0.25, -0.2) is 0 Å². The van der Waals surface area contributed by atoms with E-state index < -0.39 is 0 Å². The third-order valence-electron chi connectivity index (χ3n) is 4.87. The van der Waals surface area contributed by atoms with Crippen LogP contribution in [0.2, 0.25) is 5.02 Å². The van der Waals surface area contributed by atoms with Gasteiger partial charge in [0.1, 0.15) is 0 Å². The van der Waals surface area contributed by atoms with Crippen LogP contribution in [0.15, 0.2) is 53.4 Å². The van der Waals surface area contributed by atoms with Crippen molar-refractivity contribution in [2.45, 2.75) is 49.2 Å². The maximum Gasteiger partial charge on any atom is 0.237 e. The number of amides is 2. The van der Waals surface area contributed by atoms with Gasteiger partial charge >= 0.3 is 0 Å². The molecular weight excluding hydrogens is 392 g/mol. The van der Waals surface area contributed by atoms with E-state index >= 15 is 0 Å². The van der Waals surface area contributed by atoms with Crippen LogP contribution in [0.25, 0.3) is 0 Å². The van der Waals surface area contributed by atoms with Gasteiger partial charge in [-0.3, -0.25) is 9.59 Å². The number of rotatable bonds is 6. The van der Waals surface area contributed by atoms with E-state index in [0.717, 1.165) is 36.3 Å². The van der Waals surface area contributed by atoms with Crippen molar-refractivity contribution < 1.29 is 9.59 Å². The summed E-state index contributed by atoms with van der Waals surface area (Å²) < 4.78 is 0. The van der Waals surface area contributed by atoms with Gasteiger partial charge in [0.25, 0.3) is 0 Å². The van der Waals surface area contributed by atoms with Crippen LogP contribution in [0.5, 0.6) is 0 Å². The van der Waals surface area contributed by atoms with E-state index in [1.165, 1.54) is 18.2 Å². The first-order valence-electron chi connectivity index (χ1n) is 9.65. The van der Waals surface area contributed by atoms with Gasteiger partial charge < -0.3 is 10.6 Å². The molecule has 2 N–H and O–H groups in total. The molecule has 4 nitrogen and oxygen atoms in total. The minimum atomic E-state index is -0.262. The molecule has 6 heteroatoms. The zero-order valence-electron chi connectivity index (χ0n) is 15.9. The summed E-state index contributed by atoms with van der Waals surface area (Å²) in [6, 6.07) is 14.8. The van der Waals surface area contributed by atoms with Gasteiger partial charge in [0.2, 0.25) is 11.8 Å². The first kappa shape index (κ1) is 20.7. The van der Waals surface area contributed by atoms with Gasteiger partial charge in [0.05, 0.1) is 5.25 Å². The summed E-state index contributed by atoms with van der Waals surface area (Å²) in [4.78, 5) is 25.7.